The Kier molecular flexibility index (Phi) is 6.42. The summed E-state index contributed by atoms with van der Waals surface area (Å²) in [5.74, 6) is -0.135. The fraction of sp³-hybridized carbons (Fsp3) is 0.529. The van der Waals surface area contributed by atoms with Gasteiger partial charge in [-0.15, -0.1) is 0 Å². The van der Waals surface area contributed by atoms with E-state index >= 15 is 0 Å². The van der Waals surface area contributed by atoms with Crippen molar-refractivity contribution in [1.82, 2.24) is 5.32 Å². The smallest absolute Gasteiger partial charge is 0.309 e. The van der Waals surface area contributed by atoms with Crippen LogP contribution < -0.4 is 10.2 Å². The highest BCUT2D eigenvalue weighted by molar-refractivity contribution is 6.30. The highest BCUT2D eigenvalue weighted by atomic mass is 35.5. The molecule has 0 bridgehead atoms. The van der Waals surface area contributed by atoms with E-state index in [0.717, 1.165) is 31.5 Å². The van der Waals surface area contributed by atoms with E-state index < -0.39 is 0 Å². The Hall–Kier alpha value is -1.59. The van der Waals surface area contributed by atoms with Crippen molar-refractivity contribution in [2.24, 2.45) is 5.92 Å². The predicted molar refractivity (Wildman–Crippen MR) is 88.3 cm³/mol. The first kappa shape index (κ1) is 17.8. The van der Waals surface area contributed by atoms with Gasteiger partial charge in [-0.3, -0.25) is 9.59 Å². The SMILES string of the molecule is COC(=O)C1CC[NH+](CC(=O)N[C@@H](C)c2cccc(Cl)c2)CC1. The number of ether oxygens (including phenoxy) is 1. The zero-order valence-electron chi connectivity index (χ0n) is 13.6. The number of halogens is 1. The van der Waals surface area contributed by atoms with Crippen LogP contribution in [0.3, 0.4) is 0 Å². The van der Waals surface area contributed by atoms with Gasteiger partial charge in [0.25, 0.3) is 5.91 Å². The van der Waals surface area contributed by atoms with Crippen LogP contribution in [-0.2, 0) is 14.3 Å². The van der Waals surface area contributed by atoms with E-state index in [1.165, 1.54) is 12.0 Å². The largest absolute Gasteiger partial charge is 0.469 e. The third-order valence-corrected chi connectivity index (χ3v) is 4.60. The van der Waals surface area contributed by atoms with Crippen molar-refractivity contribution in [3.05, 3.63) is 34.9 Å². The Labute approximate surface area is 141 Å². The standard InChI is InChI=1S/C17H23ClN2O3/c1-12(14-4-3-5-15(18)10-14)19-16(21)11-20-8-6-13(7-9-20)17(22)23-2/h3-5,10,12-13H,6-9,11H2,1-2H3,(H,19,21)/p+1/t12-/m0/s1. The molecule has 2 rings (SSSR count). The maximum atomic E-state index is 12.2. The Bertz CT molecular complexity index is 557. The van der Waals surface area contributed by atoms with Crippen LogP contribution in [0.5, 0.6) is 0 Å². The number of amides is 1. The highest BCUT2D eigenvalue weighted by Crippen LogP contribution is 2.17. The summed E-state index contributed by atoms with van der Waals surface area (Å²) in [5, 5.41) is 3.67. The fourth-order valence-corrected chi connectivity index (χ4v) is 3.18. The molecule has 23 heavy (non-hydrogen) atoms. The van der Waals surface area contributed by atoms with Gasteiger partial charge in [-0.25, -0.2) is 0 Å². The van der Waals surface area contributed by atoms with Crippen LogP contribution in [0, 0.1) is 5.92 Å². The Balaban J connectivity index is 1.78. The molecule has 0 aromatic heterocycles. The number of carbonyl (C=O) groups is 2. The molecular weight excluding hydrogens is 316 g/mol. The summed E-state index contributed by atoms with van der Waals surface area (Å²) in [7, 11) is 1.42. The summed E-state index contributed by atoms with van der Waals surface area (Å²) in [6.07, 6.45) is 1.55. The predicted octanol–water partition coefficient (Wildman–Crippen LogP) is 0.985. The van der Waals surface area contributed by atoms with Crippen molar-refractivity contribution < 1.29 is 19.2 Å². The Morgan fingerprint density at radius 1 is 1.39 bits per heavy atom. The number of hydrogen-bond acceptors (Lipinski definition) is 3. The summed E-state index contributed by atoms with van der Waals surface area (Å²) >= 11 is 5.98. The van der Waals surface area contributed by atoms with Gasteiger partial charge in [-0.2, -0.15) is 0 Å². The van der Waals surface area contributed by atoms with Gasteiger partial charge in [-0.1, -0.05) is 23.7 Å². The average Bonchev–Trinajstić information content (AvgIpc) is 2.54. The lowest BCUT2D eigenvalue weighted by Crippen LogP contribution is -3.14. The van der Waals surface area contributed by atoms with Gasteiger partial charge in [0.1, 0.15) is 0 Å². The molecule has 5 nitrogen and oxygen atoms in total. The van der Waals surface area contributed by atoms with Crippen LogP contribution in [0.2, 0.25) is 5.02 Å². The number of hydrogen-bond donors (Lipinski definition) is 2. The van der Waals surface area contributed by atoms with Crippen molar-refractivity contribution >= 4 is 23.5 Å². The third-order valence-electron chi connectivity index (χ3n) is 4.36. The number of nitrogens with one attached hydrogen (secondary N) is 2. The quantitative estimate of drug-likeness (QED) is 0.786. The van der Waals surface area contributed by atoms with E-state index in [9.17, 15) is 9.59 Å². The van der Waals surface area contributed by atoms with Gasteiger partial charge in [-0.05, 0) is 24.6 Å². The minimum atomic E-state index is -0.136. The molecule has 0 unspecified atom stereocenters. The number of rotatable bonds is 5. The minimum absolute atomic E-state index is 0.0165. The summed E-state index contributed by atoms with van der Waals surface area (Å²) in [4.78, 5) is 24.9. The Morgan fingerprint density at radius 2 is 2.09 bits per heavy atom. The molecule has 0 spiro atoms. The Morgan fingerprint density at radius 3 is 2.70 bits per heavy atom. The number of methoxy groups -OCH3 is 1. The van der Waals surface area contributed by atoms with Gasteiger partial charge in [0.2, 0.25) is 0 Å². The third kappa shape index (κ3) is 5.22. The van der Waals surface area contributed by atoms with Crippen LogP contribution in [-0.4, -0.2) is 38.6 Å². The molecule has 1 aromatic rings. The number of likely N-dealkylation sites (tertiary alicyclic amines) is 1. The molecule has 1 amide bonds. The van der Waals surface area contributed by atoms with Crippen molar-refractivity contribution in [3.63, 3.8) is 0 Å². The molecule has 6 heteroatoms. The maximum absolute atomic E-state index is 12.2. The summed E-state index contributed by atoms with van der Waals surface area (Å²) in [6.45, 7) is 4.01. The number of piperidine rings is 1. The normalized spacial score (nSPS) is 22.2. The van der Waals surface area contributed by atoms with E-state index in [1.807, 2.05) is 31.2 Å². The van der Waals surface area contributed by atoms with Crippen molar-refractivity contribution in [2.45, 2.75) is 25.8 Å². The van der Waals surface area contributed by atoms with Gasteiger partial charge < -0.3 is 15.0 Å². The van der Waals surface area contributed by atoms with E-state index in [1.54, 1.807) is 0 Å². The first-order chi connectivity index (χ1) is 11.0. The minimum Gasteiger partial charge on any atom is -0.469 e. The van der Waals surface area contributed by atoms with Gasteiger partial charge >= 0.3 is 5.97 Å². The topological polar surface area (TPSA) is 59.8 Å². The number of esters is 1. The summed E-state index contributed by atoms with van der Waals surface area (Å²) in [5.41, 5.74) is 0.991. The number of quaternary nitrogens is 1. The van der Waals surface area contributed by atoms with Gasteiger partial charge in [0.05, 0.1) is 32.2 Å². The van der Waals surface area contributed by atoms with Gasteiger partial charge in [0, 0.05) is 17.9 Å². The molecule has 1 atom stereocenters. The first-order valence-electron chi connectivity index (χ1n) is 7.96. The highest BCUT2D eigenvalue weighted by Gasteiger charge is 2.29. The molecule has 0 aliphatic carbocycles. The molecule has 1 fully saturated rings. The van der Waals surface area contributed by atoms with Crippen molar-refractivity contribution in [3.8, 4) is 0 Å². The molecule has 2 N–H and O–H groups in total. The summed E-state index contributed by atoms with van der Waals surface area (Å²) < 4.78 is 4.78. The molecule has 1 aromatic carbocycles. The monoisotopic (exact) mass is 339 g/mol. The number of carbonyl (C=O) groups excluding carboxylic acids is 2. The maximum Gasteiger partial charge on any atom is 0.309 e. The van der Waals surface area contributed by atoms with E-state index in [-0.39, 0.29) is 23.8 Å². The second kappa shape index (κ2) is 8.31. The molecule has 1 heterocycles. The van der Waals surface area contributed by atoms with E-state index in [0.29, 0.717) is 11.6 Å². The lowest BCUT2D eigenvalue weighted by Gasteiger charge is -2.27. The lowest BCUT2D eigenvalue weighted by molar-refractivity contribution is -0.897. The zero-order valence-corrected chi connectivity index (χ0v) is 14.4. The second-order valence-corrected chi connectivity index (χ2v) is 6.50. The van der Waals surface area contributed by atoms with Crippen LogP contribution in [0.25, 0.3) is 0 Å². The van der Waals surface area contributed by atoms with E-state index in [2.05, 4.69) is 5.32 Å². The first-order valence-corrected chi connectivity index (χ1v) is 8.33. The molecule has 1 saturated heterocycles. The fourth-order valence-electron chi connectivity index (χ4n) is 2.98. The van der Waals surface area contributed by atoms with Crippen molar-refractivity contribution in [2.75, 3.05) is 26.7 Å². The zero-order chi connectivity index (χ0) is 16.8. The molecule has 0 saturated carbocycles. The second-order valence-electron chi connectivity index (χ2n) is 6.07. The summed E-state index contributed by atoms with van der Waals surface area (Å²) in [6, 6.07) is 7.43. The lowest BCUT2D eigenvalue weighted by atomic mass is 9.97. The van der Waals surface area contributed by atoms with Crippen molar-refractivity contribution in [1.29, 1.82) is 0 Å². The molecule has 0 radical (unpaired) electrons. The van der Waals surface area contributed by atoms with Crippen LogP contribution in [0.4, 0.5) is 0 Å². The molecule has 126 valence electrons. The molecule has 1 aliphatic rings. The van der Waals surface area contributed by atoms with E-state index in [4.69, 9.17) is 16.3 Å². The average molecular weight is 340 g/mol. The van der Waals surface area contributed by atoms with Crippen LogP contribution in [0.1, 0.15) is 31.4 Å². The van der Waals surface area contributed by atoms with Gasteiger partial charge in [0.15, 0.2) is 6.54 Å². The number of benzene rings is 1. The van der Waals surface area contributed by atoms with Crippen LogP contribution in [0.15, 0.2) is 24.3 Å². The van der Waals surface area contributed by atoms with Crippen LogP contribution >= 0.6 is 11.6 Å². The molecule has 1 aliphatic heterocycles. The molecular formula is C17H24ClN2O3+.